The van der Waals surface area contributed by atoms with Crippen molar-refractivity contribution in [2.75, 3.05) is 19.7 Å². The Hall–Kier alpha value is -2.50. The van der Waals surface area contributed by atoms with E-state index < -0.39 is 5.97 Å². The maximum absolute atomic E-state index is 12.3. The van der Waals surface area contributed by atoms with Crippen LogP contribution in [0.1, 0.15) is 30.6 Å². The zero-order chi connectivity index (χ0) is 17.1. The maximum Gasteiger partial charge on any atom is 0.338 e. The number of carbonyl (C=O) groups excluding carboxylic acids is 2. The predicted molar refractivity (Wildman–Crippen MR) is 89.3 cm³/mol. The molecule has 1 fully saturated rings. The Balaban J connectivity index is 1.60. The highest BCUT2D eigenvalue weighted by Gasteiger charge is 2.26. The molecule has 2 heterocycles. The van der Waals surface area contributed by atoms with Gasteiger partial charge in [0.15, 0.2) is 6.61 Å². The molecule has 1 aromatic carbocycles. The fraction of sp³-hybridized carbons (Fsp3) is 0.444. The molecule has 126 valence electrons. The van der Waals surface area contributed by atoms with Gasteiger partial charge in [0.05, 0.1) is 16.6 Å². The van der Waals surface area contributed by atoms with Crippen molar-refractivity contribution in [1.82, 2.24) is 14.9 Å². The van der Waals surface area contributed by atoms with E-state index in [4.69, 9.17) is 4.74 Å². The Morgan fingerprint density at radius 3 is 2.50 bits per heavy atom. The molecule has 0 unspecified atom stereocenters. The zero-order valence-electron chi connectivity index (χ0n) is 13.9. The smallest absolute Gasteiger partial charge is 0.338 e. The van der Waals surface area contributed by atoms with E-state index in [2.05, 4.69) is 23.8 Å². The van der Waals surface area contributed by atoms with Gasteiger partial charge in [-0.05, 0) is 36.5 Å². The molecule has 0 saturated carbocycles. The summed E-state index contributed by atoms with van der Waals surface area (Å²) in [5.41, 5.74) is 1.70. The van der Waals surface area contributed by atoms with E-state index in [9.17, 15) is 9.59 Å². The van der Waals surface area contributed by atoms with Crippen molar-refractivity contribution in [2.45, 2.75) is 20.3 Å². The van der Waals surface area contributed by atoms with Crippen molar-refractivity contribution >= 4 is 22.9 Å². The lowest BCUT2D eigenvalue weighted by Crippen LogP contribution is -2.44. The highest BCUT2D eigenvalue weighted by molar-refractivity contribution is 5.94. The molecule has 0 aliphatic carbocycles. The van der Waals surface area contributed by atoms with Crippen LogP contribution < -0.4 is 0 Å². The topological polar surface area (TPSA) is 72.4 Å². The third-order valence-corrected chi connectivity index (χ3v) is 4.25. The highest BCUT2D eigenvalue weighted by Crippen LogP contribution is 2.21. The molecular weight excluding hydrogens is 306 g/mol. The zero-order valence-corrected chi connectivity index (χ0v) is 13.9. The normalized spacial score (nSPS) is 20.8. The Morgan fingerprint density at radius 1 is 1.12 bits per heavy atom. The maximum atomic E-state index is 12.3. The molecule has 0 radical (unpaired) electrons. The number of aromatic nitrogens is 2. The van der Waals surface area contributed by atoms with Gasteiger partial charge in [-0.1, -0.05) is 13.8 Å². The summed E-state index contributed by atoms with van der Waals surface area (Å²) in [5, 5.41) is 0. The highest BCUT2D eigenvalue weighted by atomic mass is 16.5. The van der Waals surface area contributed by atoms with E-state index in [-0.39, 0.29) is 12.5 Å². The molecule has 1 aliphatic rings. The Kier molecular flexibility index (Phi) is 4.74. The monoisotopic (exact) mass is 327 g/mol. The van der Waals surface area contributed by atoms with Gasteiger partial charge in [0.25, 0.3) is 5.91 Å². The van der Waals surface area contributed by atoms with E-state index in [0.29, 0.717) is 28.4 Å². The Labute approximate surface area is 140 Å². The molecule has 0 spiro atoms. The number of nitrogens with zero attached hydrogens (tertiary/aromatic N) is 3. The minimum Gasteiger partial charge on any atom is -0.452 e. The van der Waals surface area contributed by atoms with E-state index in [1.807, 2.05) is 0 Å². The second kappa shape index (κ2) is 6.95. The van der Waals surface area contributed by atoms with Crippen molar-refractivity contribution in [2.24, 2.45) is 11.8 Å². The molecule has 1 saturated heterocycles. The van der Waals surface area contributed by atoms with Gasteiger partial charge in [0.1, 0.15) is 0 Å². The van der Waals surface area contributed by atoms with Crippen LogP contribution in [-0.2, 0) is 9.53 Å². The summed E-state index contributed by atoms with van der Waals surface area (Å²) in [4.78, 5) is 34.5. The van der Waals surface area contributed by atoms with Crippen molar-refractivity contribution in [3.05, 3.63) is 36.2 Å². The molecule has 0 N–H and O–H groups in total. The molecule has 1 aromatic heterocycles. The van der Waals surface area contributed by atoms with E-state index in [1.165, 1.54) is 0 Å². The average Bonchev–Trinajstić information content (AvgIpc) is 2.58. The van der Waals surface area contributed by atoms with Crippen LogP contribution in [0.5, 0.6) is 0 Å². The number of rotatable bonds is 3. The fourth-order valence-electron chi connectivity index (χ4n) is 3.26. The number of esters is 1. The number of benzene rings is 1. The van der Waals surface area contributed by atoms with E-state index >= 15 is 0 Å². The number of piperidine rings is 1. The fourth-order valence-corrected chi connectivity index (χ4v) is 3.26. The number of carbonyl (C=O) groups is 2. The Bertz CT molecular complexity index is 752. The summed E-state index contributed by atoms with van der Waals surface area (Å²) in [6.07, 6.45) is 4.29. The molecule has 6 nitrogen and oxygen atoms in total. The first kappa shape index (κ1) is 16.4. The molecule has 0 bridgehead atoms. The molecule has 2 atom stereocenters. The van der Waals surface area contributed by atoms with E-state index in [1.54, 1.807) is 35.5 Å². The second-order valence-corrected chi connectivity index (χ2v) is 6.58. The number of likely N-dealkylation sites (tertiary alicyclic amines) is 1. The van der Waals surface area contributed by atoms with Gasteiger partial charge >= 0.3 is 5.97 Å². The Morgan fingerprint density at radius 2 is 1.79 bits per heavy atom. The summed E-state index contributed by atoms with van der Waals surface area (Å²) in [7, 11) is 0. The first-order chi connectivity index (χ1) is 11.5. The second-order valence-electron chi connectivity index (χ2n) is 6.58. The van der Waals surface area contributed by atoms with Gasteiger partial charge < -0.3 is 9.64 Å². The van der Waals surface area contributed by atoms with Crippen LogP contribution >= 0.6 is 0 Å². The lowest BCUT2D eigenvalue weighted by atomic mass is 9.92. The van der Waals surface area contributed by atoms with Gasteiger partial charge in [0.2, 0.25) is 0 Å². The van der Waals surface area contributed by atoms with Crippen molar-refractivity contribution < 1.29 is 14.3 Å². The van der Waals surface area contributed by atoms with Crippen LogP contribution in [0.25, 0.3) is 11.0 Å². The number of ether oxygens (including phenoxy) is 1. The van der Waals surface area contributed by atoms with Crippen LogP contribution in [0, 0.1) is 11.8 Å². The molecule has 24 heavy (non-hydrogen) atoms. The summed E-state index contributed by atoms with van der Waals surface area (Å²) < 4.78 is 5.18. The predicted octanol–water partition coefficient (Wildman–Crippen LogP) is 2.29. The van der Waals surface area contributed by atoms with Crippen molar-refractivity contribution in [1.29, 1.82) is 0 Å². The minimum absolute atomic E-state index is 0.137. The van der Waals surface area contributed by atoms with Crippen LogP contribution in [0.15, 0.2) is 30.6 Å². The van der Waals surface area contributed by atoms with Gasteiger partial charge in [-0.15, -0.1) is 0 Å². The van der Waals surface area contributed by atoms with Gasteiger partial charge in [0, 0.05) is 25.5 Å². The summed E-state index contributed by atoms with van der Waals surface area (Å²) in [6, 6.07) is 4.98. The van der Waals surface area contributed by atoms with Crippen LogP contribution in [0.2, 0.25) is 0 Å². The molecular formula is C18H21N3O3. The molecule has 1 amide bonds. The van der Waals surface area contributed by atoms with Crippen molar-refractivity contribution in [3.63, 3.8) is 0 Å². The van der Waals surface area contributed by atoms with Crippen LogP contribution in [0.4, 0.5) is 0 Å². The van der Waals surface area contributed by atoms with Crippen molar-refractivity contribution in [3.8, 4) is 0 Å². The largest absolute Gasteiger partial charge is 0.452 e. The quantitative estimate of drug-likeness (QED) is 0.809. The SMILES string of the molecule is C[C@H]1C[C@H](C)CN(C(=O)COC(=O)c2ccc3nccnc3c2)C1. The number of hydrogen-bond acceptors (Lipinski definition) is 5. The first-order valence-corrected chi connectivity index (χ1v) is 8.18. The lowest BCUT2D eigenvalue weighted by Gasteiger charge is -2.34. The van der Waals surface area contributed by atoms with Gasteiger partial charge in [-0.2, -0.15) is 0 Å². The minimum atomic E-state index is -0.519. The number of amides is 1. The summed E-state index contributed by atoms with van der Waals surface area (Å²) in [6.45, 7) is 5.51. The van der Waals surface area contributed by atoms with E-state index in [0.717, 1.165) is 19.5 Å². The summed E-state index contributed by atoms with van der Waals surface area (Å²) in [5.74, 6) is 0.302. The first-order valence-electron chi connectivity index (χ1n) is 8.18. The van der Waals surface area contributed by atoms with Gasteiger partial charge in [-0.25, -0.2) is 4.79 Å². The number of fused-ring (bicyclic) bond motifs is 1. The molecule has 6 heteroatoms. The molecule has 2 aromatic rings. The summed E-state index contributed by atoms with van der Waals surface area (Å²) >= 11 is 0. The average molecular weight is 327 g/mol. The van der Waals surface area contributed by atoms with Crippen LogP contribution in [0.3, 0.4) is 0 Å². The number of hydrogen-bond donors (Lipinski definition) is 0. The third kappa shape index (κ3) is 3.69. The molecule has 1 aliphatic heterocycles. The van der Waals surface area contributed by atoms with Gasteiger partial charge in [-0.3, -0.25) is 14.8 Å². The standard InChI is InChI=1S/C18H21N3O3/c1-12-7-13(2)10-21(9-12)17(22)11-24-18(23)14-3-4-15-16(8-14)20-6-5-19-15/h3-6,8,12-13H,7,9-11H2,1-2H3/t12-,13-/m0/s1. The van der Waals surface area contributed by atoms with Crippen LogP contribution in [-0.4, -0.2) is 46.4 Å². The lowest BCUT2D eigenvalue weighted by molar-refractivity contribution is -0.137. The third-order valence-electron chi connectivity index (χ3n) is 4.25. The molecule has 3 rings (SSSR count).